The molecule has 0 aromatic carbocycles. The Bertz CT molecular complexity index is 632. The SMILES string of the molecule is CNC(=O)c1nc(C)c(C)c(N2CC[C@@H](NC(C)C(C)(C)CO)C2)n1. The van der Waals surface area contributed by atoms with Gasteiger partial charge in [0.15, 0.2) is 0 Å². The Morgan fingerprint density at radius 2 is 2.08 bits per heavy atom. The normalized spacial score (nSPS) is 19.2. The molecule has 2 heterocycles. The van der Waals surface area contributed by atoms with Crippen LogP contribution in [0.4, 0.5) is 5.82 Å². The Balaban J connectivity index is 2.14. The van der Waals surface area contributed by atoms with Crippen molar-refractivity contribution in [3.63, 3.8) is 0 Å². The van der Waals surface area contributed by atoms with Crippen molar-refractivity contribution in [1.29, 1.82) is 0 Å². The molecular formula is C18H31N5O2. The Morgan fingerprint density at radius 1 is 1.40 bits per heavy atom. The van der Waals surface area contributed by atoms with Crippen LogP contribution in [0.1, 0.15) is 49.1 Å². The van der Waals surface area contributed by atoms with Gasteiger partial charge in [0.25, 0.3) is 5.91 Å². The average Bonchev–Trinajstić information content (AvgIpc) is 3.04. The van der Waals surface area contributed by atoms with Crippen LogP contribution in [0, 0.1) is 19.3 Å². The van der Waals surface area contributed by atoms with Crippen molar-refractivity contribution in [2.75, 3.05) is 31.6 Å². The van der Waals surface area contributed by atoms with Gasteiger partial charge in [0, 0.05) is 55.5 Å². The number of nitrogens with one attached hydrogen (secondary N) is 2. The van der Waals surface area contributed by atoms with Crippen LogP contribution < -0.4 is 15.5 Å². The van der Waals surface area contributed by atoms with Crippen molar-refractivity contribution >= 4 is 11.7 Å². The van der Waals surface area contributed by atoms with Gasteiger partial charge in [-0.05, 0) is 27.2 Å². The predicted octanol–water partition coefficient (Wildman–Crippen LogP) is 1.03. The summed E-state index contributed by atoms with van der Waals surface area (Å²) in [4.78, 5) is 22.9. The zero-order valence-corrected chi connectivity index (χ0v) is 16.2. The molecule has 7 heteroatoms. The number of nitrogens with zero attached hydrogens (tertiary/aromatic N) is 3. The molecule has 0 radical (unpaired) electrons. The number of carbonyl (C=O) groups is 1. The minimum atomic E-state index is -0.267. The van der Waals surface area contributed by atoms with Crippen molar-refractivity contribution in [3.05, 3.63) is 17.1 Å². The van der Waals surface area contributed by atoms with E-state index in [2.05, 4.69) is 46.3 Å². The Kier molecular flexibility index (Phi) is 6.00. The molecule has 1 aromatic heterocycles. The lowest BCUT2D eigenvalue weighted by Crippen LogP contribution is -2.47. The predicted molar refractivity (Wildman–Crippen MR) is 99.0 cm³/mol. The highest BCUT2D eigenvalue weighted by Gasteiger charge is 2.31. The molecule has 0 bridgehead atoms. The minimum absolute atomic E-state index is 0.150. The summed E-state index contributed by atoms with van der Waals surface area (Å²) in [5, 5.41) is 15.7. The molecule has 0 saturated carbocycles. The summed E-state index contributed by atoms with van der Waals surface area (Å²) in [6, 6.07) is 0.538. The molecule has 1 amide bonds. The van der Waals surface area contributed by atoms with Crippen LogP contribution in [0.3, 0.4) is 0 Å². The van der Waals surface area contributed by atoms with E-state index in [4.69, 9.17) is 0 Å². The van der Waals surface area contributed by atoms with E-state index in [1.54, 1.807) is 7.05 Å². The summed E-state index contributed by atoms with van der Waals surface area (Å²) >= 11 is 0. The van der Waals surface area contributed by atoms with Gasteiger partial charge >= 0.3 is 0 Å². The largest absolute Gasteiger partial charge is 0.396 e. The van der Waals surface area contributed by atoms with Crippen LogP contribution in [0.15, 0.2) is 0 Å². The number of aryl methyl sites for hydroxylation is 1. The second-order valence-corrected chi connectivity index (χ2v) is 7.63. The maximum Gasteiger partial charge on any atom is 0.288 e. The molecule has 7 nitrogen and oxygen atoms in total. The third-order valence-corrected chi connectivity index (χ3v) is 5.35. The highest BCUT2D eigenvalue weighted by molar-refractivity contribution is 5.90. The first-order chi connectivity index (χ1) is 11.7. The average molecular weight is 349 g/mol. The third-order valence-electron chi connectivity index (χ3n) is 5.35. The zero-order valence-electron chi connectivity index (χ0n) is 16.2. The molecule has 0 spiro atoms. The van der Waals surface area contributed by atoms with Gasteiger partial charge in [-0.3, -0.25) is 4.79 Å². The Hall–Kier alpha value is -1.73. The van der Waals surface area contributed by atoms with Crippen molar-refractivity contribution in [2.45, 2.75) is 53.1 Å². The van der Waals surface area contributed by atoms with E-state index in [0.717, 1.165) is 36.6 Å². The first-order valence-electron chi connectivity index (χ1n) is 8.88. The molecule has 1 aromatic rings. The first kappa shape index (κ1) is 19.6. The molecule has 1 aliphatic rings. The number of aliphatic hydroxyl groups is 1. The summed E-state index contributed by atoms with van der Waals surface area (Å²) in [6.45, 7) is 12.0. The molecule has 1 unspecified atom stereocenters. The number of carbonyl (C=O) groups excluding carboxylic acids is 1. The van der Waals surface area contributed by atoms with Gasteiger partial charge in [0.1, 0.15) is 5.82 Å². The molecule has 25 heavy (non-hydrogen) atoms. The molecule has 2 atom stereocenters. The van der Waals surface area contributed by atoms with E-state index < -0.39 is 0 Å². The number of aromatic nitrogens is 2. The lowest BCUT2D eigenvalue weighted by Gasteiger charge is -2.33. The van der Waals surface area contributed by atoms with E-state index >= 15 is 0 Å². The van der Waals surface area contributed by atoms with Crippen LogP contribution in [0.5, 0.6) is 0 Å². The van der Waals surface area contributed by atoms with Crippen LogP contribution in [0.25, 0.3) is 0 Å². The zero-order chi connectivity index (χ0) is 18.8. The van der Waals surface area contributed by atoms with Crippen molar-refractivity contribution in [1.82, 2.24) is 20.6 Å². The maximum absolute atomic E-state index is 11.9. The van der Waals surface area contributed by atoms with E-state index in [1.807, 2.05) is 13.8 Å². The number of anilines is 1. The highest BCUT2D eigenvalue weighted by Crippen LogP contribution is 2.26. The number of amides is 1. The summed E-state index contributed by atoms with van der Waals surface area (Å²) in [6.07, 6.45) is 1.00. The van der Waals surface area contributed by atoms with E-state index in [0.29, 0.717) is 6.04 Å². The molecule has 1 fully saturated rings. The van der Waals surface area contributed by atoms with Crippen LogP contribution in [-0.4, -0.2) is 59.8 Å². The molecule has 1 saturated heterocycles. The number of hydrogen-bond donors (Lipinski definition) is 3. The van der Waals surface area contributed by atoms with Gasteiger partial charge in [-0.15, -0.1) is 0 Å². The molecule has 140 valence electrons. The van der Waals surface area contributed by atoms with Gasteiger partial charge in [0.05, 0.1) is 0 Å². The highest BCUT2D eigenvalue weighted by atomic mass is 16.3. The second-order valence-electron chi connectivity index (χ2n) is 7.63. The summed E-state index contributed by atoms with van der Waals surface area (Å²) < 4.78 is 0. The quantitative estimate of drug-likeness (QED) is 0.711. The molecule has 3 N–H and O–H groups in total. The summed E-state index contributed by atoms with van der Waals surface area (Å²) in [5.41, 5.74) is 1.67. The number of aliphatic hydroxyl groups excluding tert-OH is 1. The Morgan fingerprint density at radius 3 is 2.68 bits per heavy atom. The van der Waals surface area contributed by atoms with Crippen LogP contribution in [-0.2, 0) is 0 Å². The van der Waals surface area contributed by atoms with Gasteiger partial charge < -0.3 is 20.6 Å². The van der Waals surface area contributed by atoms with Crippen LogP contribution in [0.2, 0.25) is 0 Å². The van der Waals surface area contributed by atoms with Gasteiger partial charge in [-0.2, -0.15) is 0 Å². The topological polar surface area (TPSA) is 90.4 Å². The fourth-order valence-electron chi connectivity index (χ4n) is 2.94. The van der Waals surface area contributed by atoms with Crippen LogP contribution >= 0.6 is 0 Å². The van der Waals surface area contributed by atoms with Crippen molar-refractivity contribution in [3.8, 4) is 0 Å². The van der Waals surface area contributed by atoms with E-state index in [1.165, 1.54) is 0 Å². The second kappa shape index (κ2) is 7.66. The number of rotatable bonds is 6. The minimum Gasteiger partial charge on any atom is -0.396 e. The summed E-state index contributed by atoms with van der Waals surface area (Å²) in [7, 11) is 1.58. The maximum atomic E-state index is 11.9. The van der Waals surface area contributed by atoms with Gasteiger partial charge in [-0.25, -0.2) is 9.97 Å². The first-order valence-corrected chi connectivity index (χ1v) is 8.88. The summed E-state index contributed by atoms with van der Waals surface area (Å²) in [5.74, 6) is 0.785. The fourth-order valence-corrected chi connectivity index (χ4v) is 2.94. The molecule has 1 aliphatic heterocycles. The number of hydrogen-bond acceptors (Lipinski definition) is 6. The lowest BCUT2D eigenvalue weighted by molar-refractivity contribution is 0.0952. The lowest BCUT2D eigenvalue weighted by atomic mass is 9.86. The molecular weight excluding hydrogens is 318 g/mol. The van der Waals surface area contributed by atoms with E-state index in [-0.39, 0.29) is 29.8 Å². The Labute approximate surface area is 150 Å². The molecule has 2 rings (SSSR count). The van der Waals surface area contributed by atoms with Gasteiger partial charge in [-0.1, -0.05) is 13.8 Å². The fraction of sp³-hybridized carbons (Fsp3) is 0.722. The van der Waals surface area contributed by atoms with Crippen molar-refractivity contribution < 1.29 is 9.90 Å². The third kappa shape index (κ3) is 4.27. The van der Waals surface area contributed by atoms with E-state index in [9.17, 15) is 9.90 Å². The standard InChI is InChI=1S/C18H31N5O2/c1-11-12(2)20-15(17(25)19-6)22-16(11)23-8-7-14(9-23)21-13(3)18(4,5)10-24/h13-14,21,24H,7-10H2,1-6H3,(H,19,25)/t13?,14-/m1/s1. The van der Waals surface area contributed by atoms with Gasteiger partial charge in [0.2, 0.25) is 5.82 Å². The monoisotopic (exact) mass is 349 g/mol. The van der Waals surface area contributed by atoms with Crippen molar-refractivity contribution in [2.24, 2.45) is 5.41 Å². The smallest absolute Gasteiger partial charge is 0.288 e. The molecule has 0 aliphatic carbocycles.